The quantitative estimate of drug-likeness (QED) is 0.148. The predicted octanol–water partition coefficient (Wildman–Crippen LogP) is 5.03. The molecule has 4 aromatic carbocycles. The van der Waals surface area contributed by atoms with Gasteiger partial charge in [-0.05, 0) is 60.8 Å². The molecule has 0 unspecified atom stereocenters. The van der Waals surface area contributed by atoms with Crippen LogP contribution in [0.5, 0.6) is 11.5 Å². The van der Waals surface area contributed by atoms with Gasteiger partial charge in [0.25, 0.3) is 5.56 Å². The summed E-state index contributed by atoms with van der Waals surface area (Å²) >= 11 is 0. The normalized spacial score (nSPS) is 10.7. The number of hydrogen-bond donors (Lipinski definition) is 3. The van der Waals surface area contributed by atoms with E-state index in [0.29, 0.717) is 5.69 Å². The summed E-state index contributed by atoms with van der Waals surface area (Å²) < 4.78 is 13.1. The fourth-order valence-corrected chi connectivity index (χ4v) is 5.24. The van der Waals surface area contributed by atoms with Crippen molar-refractivity contribution in [2.75, 3.05) is 0 Å². The standard InChI is InChI=1S/C29H21N3O6.C10H7NO4/c1-19-11-13-22(14-12-19)32-25(33)17-24(27(30-32)29(36)38-28(35)21-8-3-2-4-9-21)37-26(34)18-31-16-15-20-7-5-6-10-23(20)31;12-7-3-1-2-5-8(13)4-6(10(14)15)11-9(5)7/h2-17H,18H2,1H3;1-4,12H,(H,11,13)(H,14,15). The zero-order chi connectivity index (χ0) is 37.6. The van der Waals surface area contributed by atoms with E-state index in [-0.39, 0.29) is 34.5 Å². The number of nitrogens with one attached hydrogen (secondary N) is 1. The zero-order valence-corrected chi connectivity index (χ0v) is 27.8. The Morgan fingerprint density at radius 2 is 1.53 bits per heavy atom. The molecule has 264 valence electrons. The molecule has 0 saturated carbocycles. The van der Waals surface area contributed by atoms with Crippen LogP contribution in [0.15, 0.2) is 131 Å². The summed E-state index contributed by atoms with van der Waals surface area (Å²) in [5.74, 6) is -4.63. The van der Waals surface area contributed by atoms with Crippen molar-refractivity contribution in [3.8, 4) is 17.2 Å². The first-order valence-electron chi connectivity index (χ1n) is 15.8. The maximum atomic E-state index is 13.1. The van der Waals surface area contributed by atoms with E-state index in [2.05, 4.69) is 10.1 Å². The van der Waals surface area contributed by atoms with Crippen LogP contribution in [-0.4, -0.2) is 53.4 Å². The number of hydrogen-bond acceptors (Lipinski definition) is 10. The molecule has 7 aromatic rings. The third-order valence-corrected chi connectivity index (χ3v) is 7.84. The number of pyridine rings is 1. The number of carbonyl (C=O) groups excluding carboxylic acids is 3. The molecular formula is C39H28N4O10. The first kappa shape index (κ1) is 35.2. The monoisotopic (exact) mass is 712 g/mol. The van der Waals surface area contributed by atoms with Crippen molar-refractivity contribution in [2.24, 2.45) is 0 Å². The fourth-order valence-electron chi connectivity index (χ4n) is 5.24. The number of para-hydroxylation sites is 2. The van der Waals surface area contributed by atoms with Gasteiger partial charge in [0.05, 0.1) is 22.8 Å². The summed E-state index contributed by atoms with van der Waals surface area (Å²) in [6.07, 6.45) is 1.73. The van der Waals surface area contributed by atoms with Crippen molar-refractivity contribution in [1.82, 2.24) is 19.3 Å². The number of aromatic nitrogens is 4. The predicted molar refractivity (Wildman–Crippen MR) is 192 cm³/mol. The number of carboxylic acid groups (broad SMARTS) is 1. The smallest absolute Gasteiger partial charge is 0.370 e. The van der Waals surface area contributed by atoms with Crippen molar-refractivity contribution in [3.63, 3.8) is 0 Å². The van der Waals surface area contributed by atoms with E-state index in [1.807, 2.05) is 37.3 Å². The number of H-pyrrole nitrogens is 1. The number of fused-ring (bicyclic) bond motifs is 2. The molecule has 0 bridgehead atoms. The molecule has 0 amide bonds. The molecular weight excluding hydrogens is 684 g/mol. The maximum Gasteiger partial charge on any atom is 0.370 e. The van der Waals surface area contributed by atoms with Crippen LogP contribution < -0.4 is 15.7 Å². The maximum absolute atomic E-state index is 13.1. The van der Waals surface area contributed by atoms with Gasteiger partial charge in [0.15, 0.2) is 11.2 Å². The van der Waals surface area contributed by atoms with Gasteiger partial charge in [-0.3, -0.25) is 9.59 Å². The number of aryl methyl sites for hydroxylation is 1. The van der Waals surface area contributed by atoms with Gasteiger partial charge in [0, 0.05) is 23.2 Å². The highest BCUT2D eigenvalue weighted by molar-refractivity contribution is 6.03. The Morgan fingerprint density at radius 3 is 2.26 bits per heavy atom. The van der Waals surface area contributed by atoms with Crippen molar-refractivity contribution in [2.45, 2.75) is 13.5 Å². The molecule has 0 aliphatic carbocycles. The minimum Gasteiger partial charge on any atom is -0.506 e. The largest absolute Gasteiger partial charge is 0.506 e. The number of aromatic carboxylic acids is 1. The Morgan fingerprint density at radius 1 is 0.811 bits per heavy atom. The van der Waals surface area contributed by atoms with E-state index in [4.69, 9.17) is 14.6 Å². The lowest BCUT2D eigenvalue weighted by molar-refractivity contribution is -0.135. The van der Waals surface area contributed by atoms with E-state index >= 15 is 0 Å². The Labute approximate surface area is 298 Å². The van der Waals surface area contributed by atoms with Gasteiger partial charge in [-0.2, -0.15) is 9.78 Å². The number of phenols is 1. The van der Waals surface area contributed by atoms with Crippen LogP contribution in [0.1, 0.15) is 36.9 Å². The van der Waals surface area contributed by atoms with Gasteiger partial charge in [0.2, 0.25) is 5.69 Å². The van der Waals surface area contributed by atoms with Crippen molar-refractivity contribution >= 4 is 45.7 Å². The van der Waals surface area contributed by atoms with Crippen molar-refractivity contribution in [3.05, 3.63) is 165 Å². The molecule has 0 radical (unpaired) electrons. The molecule has 0 fully saturated rings. The van der Waals surface area contributed by atoms with Gasteiger partial charge < -0.3 is 29.2 Å². The average molecular weight is 713 g/mol. The van der Waals surface area contributed by atoms with Crippen molar-refractivity contribution < 1.29 is 38.9 Å². The summed E-state index contributed by atoms with van der Waals surface area (Å²) in [6, 6.07) is 30.5. The molecule has 53 heavy (non-hydrogen) atoms. The number of ether oxygens (including phenoxy) is 2. The molecule has 14 nitrogen and oxygen atoms in total. The molecule has 0 aliphatic heterocycles. The summed E-state index contributed by atoms with van der Waals surface area (Å²) in [5.41, 5.74) is 0.609. The Hall–Kier alpha value is -7.61. The number of nitrogens with zero attached hydrogens (tertiary/aromatic N) is 3. The number of rotatable bonds is 7. The average Bonchev–Trinajstić information content (AvgIpc) is 3.55. The highest BCUT2D eigenvalue weighted by atomic mass is 16.6. The second-order valence-corrected chi connectivity index (χ2v) is 11.5. The first-order valence-corrected chi connectivity index (χ1v) is 15.8. The summed E-state index contributed by atoms with van der Waals surface area (Å²) in [6.45, 7) is 1.69. The van der Waals surface area contributed by atoms with Gasteiger partial charge in [-0.25, -0.2) is 19.2 Å². The number of aromatic amines is 1. The van der Waals surface area contributed by atoms with Gasteiger partial charge >= 0.3 is 23.9 Å². The summed E-state index contributed by atoms with van der Waals surface area (Å²) in [5, 5.41) is 23.5. The molecule has 0 aliphatic rings. The number of carboxylic acids is 1. The lowest BCUT2D eigenvalue weighted by atomic mass is 10.2. The van der Waals surface area contributed by atoms with Gasteiger partial charge in [0.1, 0.15) is 18.0 Å². The van der Waals surface area contributed by atoms with Crippen LogP contribution in [0.4, 0.5) is 0 Å². The SMILES string of the molecule is Cc1ccc(-n2nc(C(=O)OC(=O)c3ccccc3)c(OC(=O)Cn3ccc4ccccc43)cc2=O)cc1.O=C(O)c1cc(=O)c2cccc(O)c2[nH]1. The Balaban J connectivity index is 0.000000267. The van der Waals surface area contributed by atoms with Crippen LogP contribution in [0, 0.1) is 6.92 Å². The van der Waals surface area contributed by atoms with E-state index in [1.165, 1.54) is 30.3 Å². The Kier molecular flexibility index (Phi) is 10.0. The summed E-state index contributed by atoms with van der Waals surface area (Å²) in [4.78, 5) is 75.9. The van der Waals surface area contributed by atoms with Crippen LogP contribution >= 0.6 is 0 Å². The highest BCUT2D eigenvalue weighted by Gasteiger charge is 2.25. The topological polar surface area (TPSA) is 200 Å². The third-order valence-electron chi connectivity index (χ3n) is 7.84. The molecule has 14 heteroatoms. The molecule has 0 saturated heterocycles. The minimum absolute atomic E-state index is 0.141. The molecule has 0 atom stereocenters. The van der Waals surface area contributed by atoms with E-state index in [1.54, 1.807) is 53.2 Å². The Bertz CT molecular complexity index is 2640. The van der Waals surface area contributed by atoms with Crippen LogP contribution in [0.25, 0.3) is 27.5 Å². The molecule has 3 aromatic heterocycles. The van der Waals surface area contributed by atoms with Gasteiger partial charge in [-0.1, -0.05) is 60.2 Å². The second-order valence-electron chi connectivity index (χ2n) is 11.5. The number of aromatic hydroxyl groups is 1. The van der Waals surface area contributed by atoms with Gasteiger partial charge in [-0.15, -0.1) is 0 Å². The number of benzene rings is 4. The fraction of sp³-hybridized carbons (Fsp3) is 0.0513. The van der Waals surface area contributed by atoms with Crippen LogP contribution in [-0.2, 0) is 16.1 Å². The molecule has 3 heterocycles. The highest BCUT2D eigenvalue weighted by Crippen LogP contribution is 2.21. The van der Waals surface area contributed by atoms with E-state index in [9.17, 15) is 33.9 Å². The number of phenolic OH excluding ortho intramolecular Hbond substituents is 1. The number of esters is 3. The molecule has 7 rings (SSSR count). The number of carbonyl (C=O) groups is 4. The van der Waals surface area contributed by atoms with Crippen molar-refractivity contribution in [1.29, 1.82) is 0 Å². The van der Waals surface area contributed by atoms with Crippen LogP contribution in [0.2, 0.25) is 0 Å². The van der Waals surface area contributed by atoms with Crippen LogP contribution in [0.3, 0.4) is 0 Å². The van der Waals surface area contributed by atoms with E-state index in [0.717, 1.165) is 33.3 Å². The van der Waals surface area contributed by atoms with E-state index < -0.39 is 46.3 Å². The molecule has 0 spiro atoms. The minimum atomic E-state index is -1.24. The lowest BCUT2D eigenvalue weighted by Gasteiger charge is -2.12. The third kappa shape index (κ3) is 7.91. The second kappa shape index (κ2) is 15.1. The first-order chi connectivity index (χ1) is 25.5. The summed E-state index contributed by atoms with van der Waals surface area (Å²) in [7, 11) is 0. The zero-order valence-electron chi connectivity index (χ0n) is 27.8. The molecule has 3 N–H and O–H groups in total. The lowest BCUT2D eigenvalue weighted by Crippen LogP contribution is -2.27.